The maximum absolute atomic E-state index is 8.83. The molecule has 1 aliphatic carbocycles. The van der Waals surface area contributed by atoms with Gasteiger partial charge in [-0.15, -0.1) is 0 Å². The highest BCUT2D eigenvalue weighted by Crippen LogP contribution is 2.19. The third kappa shape index (κ3) is 4.77. The zero-order valence-corrected chi connectivity index (χ0v) is 9.26. The number of aliphatic hydroxyl groups is 1. The van der Waals surface area contributed by atoms with Gasteiger partial charge in [0.15, 0.2) is 0 Å². The van der Waals surface area contributed by atoms with Crippen molar-refractivity contribution in [3.63, 3.8) is 0 Å². The van der Waals surface area contributed by atoms with Crippen molar-refractivity contribution in [2.24, 2.45) is 5.92 Å². The first-order valence-electron chi connectivity index (χ1n) is 5.82. The number of hydrogen-bond acceptors (Lipinski definition) is 2. The average molecular weight is 197 g/mol. The summed E-state index contributed by atoms with van der Waals surface area (Å²) in [7, 11) is 0. The van der Waals surface area contributed by atoms with Crippen LogP contribution >= 0.6 is 0 Å². The van der Waals surface area contributed by atoms with E-state index >= 15 is 0 Å². The first kappa shape index (κ1) is 11.7. The third-order valence-electron chi connectivity index (χ3n) is 2.81. The van der Waals surface area contributed by atoms with Gasteiger partial charge in [0.2, 0.25) is 0 Å². The van der Waals surface area contributed by atoms with Crippen molar-refractivity contribution in [2.45, 2.75) is 39.0 Å². The minimum Gasteiger partial charge on any atom is -0.396 e. The molecule has 1 rings (SSSR count). The van der Waals surface area contributed by atoms with E-state index in [1.54, 1.807) is 5.57 Å². The van der Waals surface area contributed by atoms with Crippen molar-refractivity contribution < 1.29 is 5.11 Å². The van der Waals surface area contributed by atoms with Crippen LogP contribution in [0.5, 0.6) is 0 Å². The molecule has 0 spiro atoms. The third-order valence-corrected chi connectivity index (χ3v) is 2.81. The molecule has 0 fully saturated rings. The monoisotopic (exact) mass is 197 g/mol. The highest BCUT2D eigenvalue weighted by Gasteiger charge is 2.03. The fourth-order valence-corrected chi connectivity index (χ4v) is 1.79. The minimum atomic E-state index is 0.287. The maximum atomic E-state index is 8.83. The van der Waals surface area contributed by atoms with E-state index in [1.165, 1.54) is 32.1 Å². The Balaban J connectivity index is 2.00. The Morgan fingerprint density at radius 3 is 3.00 bits per heavy atom. The molecule has 0 saturated heterocycles. The SMILES string of the molecule is CC(CO)CNCCC1=CCCCC1. The second-order valence-corrected chi connectivity index (χ2v) is 4.35. The molecular weight excluding hydrogens is 174 g/mol. The lowest BCUT2D eigenvalue weighted by Gasteiger charge is -2.14. The van der Waals surface area contributed by atoms with Gasteiger partial charge in [0, 0.05) is 6.61 Å². The second kappa shape index (κ2) is 7.02. The van der Waals surface area contributed by atoms with Gasteiger partial charge >= 0.3 is 0 Å². The van der Waals surface area contributed by atoms with Crippen LogP contribution < -0.4 is 5.32 Å². The number of hydrogen-bond donors (Lipinski definition) is 2. The summed E-state index contributed by atoms with van der Waals surface area (Å²) in [5.41, 5.74) is 1.63. The quantitative estimate of drug-likeness (QED) is 0.505. The van der Waals surface area contributed by atoms with Crippen molar-refractivity contribution in [1.29, 1.82) is 0 Å². The van der Waals surface area contributed by atoms with E-state index in [0.717, 1.165) is 13.1 Å². The van der Waals surface area contributed by atoms with E-state index < -0.39 is 0 Å². The molecule has 82 valence electrons. The molecule has 2 N–H and O–H groups in total. The highest BCUT2D eigenvalue weighted by atomic mass is 16.3. The molecule has 0 bridgehead atoms. The largest absolute Gasteiger partial charge is 0.396 e. The topological polar surface area (TPSA) is 32.3 Å². The lowest BCUT2D eigenvalue weighted by Crippen LogP contribution is -2.24. The van der Waals surface area contributed by atoms with Crippen LogP contribution in [0.1, 0.15) is 39.0 Å². The first-order valence-corrected chi connectivity index (χ1v) is 5.82. The van der Waals surface area contributed by atoms with Crippen molar-refractivity contribution in [3.05, 3.63) is 11.6 Å². The van der Waals surface area contributed by atoms with Gasteiger partial charge in [-0.1, -0.05) is 18.6 Å². The summed E-state index contributed by atoms with van der Waals surface area (Å²) in [6.45, 7) is 4.35. The van der Waals surface area contributed by atoms with Crippen LogP contribution in [0.2, 0.25) is 0 Å². The van der Waals surface area contributed by atoms with Gasteiger partial charge in [0.25, 0.3) is 0 Å². The number of nitrogens with one attached hydrogen (secondary N) is 1. The lowest BCUT2D eigenvalue weighted by atomic mass is 9.97. The van der Waals surface area contributed by atoms with E-state index in [4.69, 9.17) is 5.11 Å². The number of rotatable bonds is 6. The van der Waals surface area contributed by atoms with Crippen molar-refractivity contribution in [2.75, 3.05) is 19.7 Å². The van der Waals surface area contributed by atoms with Crippen LogP contribution in [0.15, 0.2) is 11.6 Å². The molecule has 2 heteroatoms. The molecule has 0 aromatic carbocycles. The van der Waals surface area contributed by atoms with Gasteiger partial charge in [-0.05, 0) is 51.1 Å². The smallest absolute Gasteiger partial charge is 0.0468 e. The van der Waals surface area contributed by atoms with Gasteiger partial charge < -0.3 is 10.4 Å². The molecule has 0 aromatic rings. The van der Waals surface area contributed by atoms with Gasteiger partial charge in [-0.3, -0.25) is 0 Å². The van der Waals surface area contributed by atoms with Crippen LogP contribution in [0.3, 0.4) is 0 Å². The standard InChI is InChI=1S/C12H23NO/c1-11(10-14)9-13-8-7-12-5-3-2-4-6-12/h5,11,13-14H,2-4,6-10H2,1H3. The van der Waals surface area contributed by atoms with Crippen LogP contribution in [0.4, 0.5) is 0 Å². The first-order chi connectivity index (χ1) is 6.83. The molecule has 0 amide bonds. The molecular formula is C12H23NO. The summed E-state index contributed by atoms with van der Waals surface area (Å²) in [5.74, 6) is 0.385. The molecule has 2 nitrogen and oxygen atoms in total. The van der Waals surface area contributed by atoms with Gasteiger partial charge in [0.1, 0.15) is 0 Å². The van der Waals surface area contributed by atoms with Crippen LogP contribution in [-0.2, 0) is 0 Å². The summed E-state index contributed by atoms with van der Waals surface area (Å²) in [6.07, 6.45) is 8.93. The van der Waals surface area contributed by atoms with Crippen LogP contribution in [0.25, 0.3) is 0 Å². The fourth-order valence-electron chi connectivity index (χ4n) is 1.79. The Labute approximate surface area is 87.4 Å². The minimum absolute atomic E-state index is 0.287. The lowest BCUT2D eigenvalue weighted by molar-refractivity contribution is 0.234. The Morgan fingerprint density at radius 1 is 1.50 bits per heavy atom. The molecule has 0 heterocycles. The van der Waals surface area contributed by atoms with Crippen molar-refractivity contribution >= 4 is 0 Å². The van der Waals surface area contributed by atoms with Gasteiger partial charge in [-0.2, -0.15) is 0 Å². The molecule has 0 aliphatic heterocycles. The summed E-state index contributed by atoms with van der Waals surface area (Å²) in [6, 6.07) is 0. The predicted molar refractivity (Wildman–Crippen MR) is 60.3 cm³/mol. The van der Waals surface area contributed by atoms with E-state index in [1.807, 2.05) is 0 Å². The predicted octanol–water partition coefficient (Wildman–Crippen LogP) is 2.09. The molecule has 1 aliphatic rings. The molecule has 14 heavy (non-hydrogen) atoms. The molecule has 0 saturated carbocycles. The average Bonchev–Trinajstić information content (AvgIpc) is 2.25. The Kier molecular flexibility index (Phi) is 5.88. The zero-order chi connectivity index (χ0) is 10.2. The van der Waals surface area contributed by atoms with Crippen LogP contribution in [-0.4, -0.2) is 24.8 Å². The Hall–Kier alpha value is -0.340. The van der Waals surface area contributed by atoms with Crippen molar-refractivity contribution in [3.8, 4) is 0 Å². The van der Waals surface area contributed by atoms with Gasteiger partial charge in [-0.25, -0.2) is 0 Å². The summed E-state index contributed by atoms with van der Waals surface area (Å²) in [5, 5.41) is 12.2. The molecule has 0 aromatic heterocycles. The number of allylic oxidation sites excluding steroid dienone is 1. The summed E-state index contributed by atoms with van der Waals surface area (Å²) >= 11 is 0. The highest BCUT2D eigenvalue weighted by molar-refractivity contribution is 5.05. The van der Waals surface area contributed by atoms with E-state index in [2.05, 4.69) is 18.3 Å². The van der Waals surface area contributed by atoms with E-state index in [9.17, 15) is 0 Å². The van der Waals surface area contributed by atoms with E-state index in [-0.39, 0.29) is 6.61 Å². The summed E-state index contributed by atoms with van der Waals surface area (Å²) < 4.78 is 0. The molecule has 1 atom stereocenters. The zero-order valence-electron chi connectivity index (χ0n) is 9.26. The Morgan fingerprint density at radius 2 is 2.36 bits per heavy atom. The molecule has 0 radical (unpaired) electrons. The number of aliphatic hydroxyl groups excluding tert-OH is 1. The Bertz CT molecular complexity index is 177. The summed E-state index contributed by atoms with van der Waals surface area (Å²) in [4.78, 5) is 0. The molecule has 1 unspecified atom stereocenters. The van der Waals surface area contributed by atoms with Gasteiger partial charge in [0.05, 0.1) is 0 Å². The normalized spacial score (nSPS) is 19.1. The second-order valence-electron chi connectivity index (χ2n) is 4.35. The van der Waals surface area contributed by atoms with E-state index in [0.29, 0.717) is 5.92 Å². The van der Waals surface area contributed by atoms with Crippen LogP contribution in [0, 0.1) is 5.92 Å². The maximum Gasteiger partial charge on any atom is 0.0468 e. The fraction of sp³-hybridized carbons (Fsp3) is 0.833. The van der Waals surface area contributed by atoms with Crippen molar-refractivity contribution in [1.82, 2.24) is 5.32 Å².